The Balaban J connectivity index is 1.76. The van der Waals surface area contributed by atoms with Crippen molar-refractivity contribution in [1.29, 1.82) is 0 Å². The highest BCUT2D eigenvalue weighted by Gasteiger charge is 2.47. The summed E-state index contributed by atoms with van der Waals surface area (Å²) >= 11 is 0. The Labute approximate surface area is 143 Å². The number of amides is 1. The summed E-state index contributed by atoms with van der Waals surface area (Å²) in [5, 5.41) is 0. The molecule has 0 aromatic heterocycles. The monoisotopic (exact) mass is 320 g/mol. The number of nitrogens with zero attached hydrogens (tertiary/aromatic N) is 2. The second-order valence-electron chi connectivity index (χ2n) is 6.92. The first kappa shape index (κ1) is 15.4. The van der Waals surface area contributed by atoms with Crippen LogP contribution in [0.2, 0.25) is 0 Å². The van der Waals surface area contributed by atoms with E-state index >= 15 is 0 Å². The molecular weight excluding hydrogens is 296 g/mol. The maximum atomic E-state index is 13.4. The van der Waals surface area contributed by atoms with E-state index in [0.717, 1.165) is 24.2 Å². The van der Waals surface area contributed by atoms with Crippen molar-refractivity contribution in [1.82, 2.24) is 4.90 Å². The molecule has 2 atom stereocenters. The molecule has 2 heterocycles. The fourth-order valence-electron chi connectivity index (χ4n) is 4.09. The lowest BCUT2D eigenvalue weighted by molar-refractivity contribution is -0.119. The van der Waals surface area contributed by atoms with E-state index in [2.05, 4.69) is 48.2 Å². The quantitative estimate of drug-likeness (QED) is 0.824. The number of fused-ring (bicyclic) bond motifs is 1. The zero-order valence-corrected chi connectivity index (χ0v) is 14.2. The molecule has 1 amide bonds. The fourth-order valence-corrected chi connectivity index (χ4v) is 4.09. The summed E-state index contributed by atoms with van der Waals surface area (Å²) in [7, 11) is 0. The number of benzene rings is 2. The number of anilines is 1. The van der Waals surface area contributed by atoms with Crippen molar-refractivity contribution in [3.63, 3.8) is 0 Å². The van der Waals surface area contributed by atoms with Crippen LogP contribution in [0.3, 0.4) is 0 Å². The van der Waals surface area contributed by atoms with E-state index in [9.17, 15) is 4.79 Å². The number of hydrogen-bond donors (Lipinski definition) is 0. The van der Waals surface area contributed by atoms with Gasteiger partial charge in [-0.2, -0.15) is 0 Å². The molecule has 2 aliphatic rings. The van der Waals surface area contributed by atoms with Crippen LogP contribution in [0.1, 0.15) is 42.9 Å². The Hall–Kier alpha value is -2.13. The molecule has 0 spiro atoms. The molecule has 3 heteroatoms. The minimum absolute atomic E-state index is 0.143. The molecule has 3 nitrogen and oxygen atoms in total. The van der Waals surface area contributed by atoms with Crippen LogP contribution < -0.4 is 4.90 Å². The van der Waals surface area contributed by atoms with Gasteiger partial charge in [-0.1, -0.05) is 54.4 Å². The largest absolute Gasteiger partial charge is 0.294 e. The first-order chi connectivity index (χ1) is 11.8. The number of carbonyl (C=O) groups excluding carboxylic acids is 1. The van der Waals surface area contributed by atoms with Crippen LogP contribution in [-0.4, -0.2) is 23.5 Å². The SMILES string of the molecule is Cc1ccc(N2C(=O)[C@@H](c3ccccc3)N3CCCCC[C@H]23)cc1. The van der Waals surface area contributed by atoms with E-state index < -0.39 is 0 Å². The van der Waals surface area contributed by atoms with E-state index in [-0.39, 0.29) is 18.1 Å². The third kappa shape index (κ3) is 2.63. The fraction of sp³-hybridized carbons (Fsp3) is 0.381. The molecule has 0 saturated carbocycles. The van der Waals surface area contributed by atoms with Crippen LogP contribution in [0.5, 0.6) is 0 Å². The van der Waals surface area contributed by atoms with Crippen LogP contribution in [0.4, 0.5) is 5.69 Å². The molecule has 24 heavy (non-hydrogen) atoms. The van der Waals surface area contributed by atoms with Gasteiger partial charge in [0.25, 0.3) is 0 Å². The summed E-state index contributed by atoms with van der Waals surface area (Å²) in [6.45, 7) is 3.08. The molecule has 2 aromatic rings. The Bertz CT molecular complexity index is 710. The van der Waals surface area contributed by atoms with E-state index in [1.54, 1.807) is 0 Å². The van der Waals surface area contributed by atoms with Crippen LogP contribution in [0.15, 0.2) is 54.6 Å². The molecule has 4 rings (SSSR count). The lowest BCUT2D eigenvalue weighted by Crippen LogP contribution is -2.39. The van der Waals surface area contributed by atoms with Gasteiger partial charge in [0, 0.05) is 12.2 Å². The van der Waals surface area contributed by atoms with Crippen molar-refractivity contribution < 1.29 is 4.79 Å². The smallest absolute Gasteiger partial charge is 0.250 e. The molecule has 0 N–H and O–H groups in total. The maximum Gasteiger partial charge on any atom is 0.250 e. The van der Waals surface area contributed by atoms with E-state index in [1.165, 1.54) is 24.8 Å². The minimum atomic E-state index is -0.143. The molecule has 0 unspecified atom stereocenters. The van der Waals surface area contributed by atoms with Gasteiger partial charge in [-0.15, -0.1) is 0 Å². The summed E-state index contributed by atoms with van der Waals surface area (Å²) in [5.74, 6) is 0.219. The van der Waals surface area contributed by atoms with Crippen molar-refractivity contribution in [3.8, 4) is 0 Å². The van der Waals surface area contributed by atoms with Gasteiger partial charge in [0.2, 0.25) is 5.91 Å². The van der Waals surface area contributed by atoms with Gasteiger partial charge in [-0.3, -0.25) is 14.6 Å². The maximum absolute atomic E-state index is 13.4. The standard InChI is InChI=1S/C21H24N2O/c1-16-11-13-18(14-12-16)23-19-10-6-3-7-15-22(19)20(21(23)24)17-8-4-2-5-9-17/h2,4-5,8-9,11-14,19-20H,3,6-7,10,15H2,1H3/t19-,20+/m0/s1. The molecule has 124 valence electrons. The third-order valence-electron chi connectivity index (χ3n) is 5.29. The highest BCUT2D eigenvalue weighted by Crippen LogP contribution is 2.40. The highest BCUT2D eigenvalue weighted by atomic mass is 16.2. The lowest BCUT2D eigenvalue weighted by atomic mass is 10.1. The van der Waals surface area contributed by atoms with Gasteiger partial charge in [-0.05, 0) is 43.9 Å². The van der Waals surface area contributed by atoms with Crippen molar-refractivity contribution in [3.05, 3.63) is 65.7 Å². The van der Waals surface area contributed by atoms with Crippen molar-refractivity contribution in [2.24, 2.45) is 0 Å². The van der Waals surface area contributed by atoms with E-state index in [0.29, 0.717) is 0 Å². The van der Waals surface area contributed by atoms with Crippen molar-refractivity contribution >= 4 is 11.6 Å². The van der Waals surface area contributed by atoms with Crippen LogP contribution in [0, 0.1) is 6.92 Å². The molecule has 2 saturated heterocycles. The van der Waals surface area contributed by atoms with E-state index in [4.69, 9.17) is 0 Å². The normalized spacial score (nSPS) is 24.7. The average Bonchev–Trinajstić information content (AvgIpc) is 2.75. The predicted molar refractivity (Wildman–Crippen MR) is 96.8 cm³/mol. The second kappa shape index (κ2) is 6.40. The zero-order chi connectivity index (χ0) is 16.5. The van der Waals surface area contributed by atoms with Crippen LogP contribution in [-0.2, 0) is 4.79 Å². The van der Waals surface area contributed by atoms with Crippen LogP contribution >= 0.6 is 0 Å². The summed E-state index contributed by atoms with van der Waals surface area (Å²) in [6, 6.07) is 18.5. The third-order valence-corrected chi connectivity index (χ3v) is 5.29. The number of hydrogen-bond acceptors (Lipinski definition) is 2. The molecule has 0 bridgehead atoms. The molecule has 0 radical (unpaired) electrons. The van der Waals surface area contributed by atoms with Gasteiger partial charge in [0.15, 0.2) is 0 Å². The molecule has 2 aliphatic heterocycles. The summed E-state index contributed by atoms with van der Waals surface area (Å²) in [6.07, 6.45) is 4.87. The van der Waals surface area contributed by atoms with Crippen LogP contribution in [0.25, 0.3) is 0 Å². The first-order valence-corrected chi connectivity index (χ1v) is 8.96. The zero-order valence-electron chi connectivity index (χ0n) is 14.2. The topological polar surface area (TPSA) is 23.6 Å². The molecular formula is C21H24N2O. The Morgan fingerprint density at radius 1 is 0.917 bits per heavy atom. The van der Waals surface area contributed by atoms with E-state index in [1.807, 2.05) is 23.1 Å². The highest BCUT2D eigenvalue weighted by molar-refractivity contribution is 6.00. The van der Waals surface area contributed by atoms with Gasteiger partial charge < -0.3 is 0 Å². The number of rotatable bonds is 2. The number of carbonyl (C=O) groups is 1. The van der Waals surface area contributed by atoms with Crippen molar-refractivity contribution in [2.75, 3.05) is 11.4 Å². The molecule has 2 fully saturated rings. The van der Waals surface area contributed by atoms with Gasteiger partial charge in [0.05, 0.1) is 6.17 Å². The Kier molecular flexibility index (Phi) is 4.11. The van der Waals surface area contributed by atoms with Crippen molar-refractivity contribution in [2.45, 2.75) is 44.8 Å². The summed E-state index contributed by atoms with van der Waals surface area (Å²) in [4.78, 5) is 17.8. The Morgan fingerprint density at radius 2 is 1.67 bits per heavy atom. The predicted octanol–water partition coefficient (Wildman–Crippen LogP) is 4.29. The first-order valence-electron chi connectivity index (χ1n) is 8.96. The summed E-state index contributed by atoms with van der Waals surface area (Å²) < 4.78 is 0. The number of aryl methyl sites for hydroxylation is 1. The molecule has 0 aliphatic carbocycles. The summed E-state index contributed by atoms with van der Waals surface area (Å²) in [5.41, 5.74) is 3.37. The van der Waals surface area contributed by atoms with Gasteiger partial charge in [-0.25, -0.2) is 0 Å². The average molecular weight is 320 g/mol. The Morgan fingerprint density at radius 3 is 2.42 bits per heavy atom. The molecule has 2 aromatic carbocycles. The van der Waals surface area contributed by atoms with Gasteiger partial charge in [0.1, 0.15) is 6.04 Å². The minimum Gasteiger partial charge on any atom is -0.294 e. The lowest BCUT2D eigenvalue weighted by Gasteiger charge is -2.29. The van der Waals surface area contributed by atoms with Gasteiger partial charge >= 0.3 is 0 Å². The second-order valence-corrected chi connectivity index (χ2v) is 6.92.